The Kier molecular flexibility index (Phi) is 4.97. The van der Waals surface area contributed by atoms with Crippen molar-refractivity contribution in [2.75, 3.05) is 19.5 Å². The maximum absolute atomic E-state index is 12.6. The van der Waals surface area contributed by atoms with Gasteiger partial charge in [-0.15, -0.1) is 11.3 Å². The maximum atomic E-state index is 12.6. The molecule has 1 aromatic heterocycles. The average Bonchev–Trinajstić information content (AvgIpc) is 2.98. The van der Waals surface area contributed by atoms with E-state index < -0.39 is 10.8 Å². The molecule has 0 bridgehead atoms. The summed E-state index contributed by atoms with van der Waals surface area (Å²) in [6.07, 6.45) is 0. The number of nitro benzene ring substituents is 1. The van der Waals surface area contributed by atoms with Gasteiger partial charge in [0.25, 0.3) is 11.6 Å². The van der Waals surface area contributed by atoms with E-state index in [1.165, 1.54) is 32.4 Å². The molecule has 1 amide bonds. The molecule has 3 rings (SSSR count). The zero-order valence-corrected chi connectivity index (χ0v) is 15.3. The Morgan fingerprint density at radius 1 is 1.19 bits per heavy atom. The van der Waals surface area contributed by atoms with Gasteiger partial charge in [0.2, 0.25) is 0 Å². The van der Waals surface area contributed by atoms with Gasteiger partial charge in [-0.2, -0.15) is 0 Å². The Bertz CT molecular complexity index is 1020. The van der Waals surface area contributed by atoms with Crippen LogP contribution in [0.5, 0.6) is 11.5 Å². The van der Waals surface area contributed by atoms with Crippen LogP contribution in [0, 0.1) is 10.1 Å². The van der Waals surface area contributed by atoms with Crippen LogP contribution in [0.4, 0.5) is 11.4 Å². The third-order valence-corrected chi connectivity index (χ3v) is 5.34. The number of nitrogens with one attached hydrogen (secondary N) is 1. The minimum absolute atomic E-state index is 0.0563. The minimum Gasteiger partial charge on any atom is -0.497 e. The molecule has 0 saturated carbocycles. The van der Waals surface area contributed by atoms with Crippen LogP contribution in [0.1, 0.15) is 9.67 Å². The SMILES string of the molecule is COc1ccc(NC(=O)c2sc3cc([N+](=O)[O-])ccc3c2Cl)c(OC)c1. The number of fused-ring (bicyclic) bond motifs is 1. The first-order chi connectivity index (χ1) is 12.4. The van der Waals surface area contributed by atoms with Crippen molar-refractivity contribution in [3.05, 3.63) is 56.4 Å². The molecule has 0 fully saturated rings. The molecule has 0 radical (unpaired) electrons. The number of benzene rings is 2. The molecule has 134 valence electrons. The van der Waals surface area contributed by atoms with Crippen LogP contribution >= 0.6 is 22.9 Å². The predicted molar refractivity (Wildman–Crippen MR) is 101 cm³/mol. The summed E-state index contributed by atoms with van der Waals surface area (Å²) in [6.45, 7) is 0. The first kappa shape index (κ1) is 18.0. The number of nitrogens with zero attached hydrogens (tertiary/aromatic N) is 1. The molecule has 0 spiro atoms. The van der Waals surface area contributed by atoms with Crippen molar-refractivity contribution in [2.45, 2.75) is 0 Å². The number of nitro groups is 1. The van der Waals surface area contributed by atoms with Crippen molar-refractivity contribution in [2.24, 2.45) is 0 Å². The molecule has 2 aromatic carbocycles. The third-order valence-electron chi connectivity index (χ3n) is 3.69. The Labute approximate surface area is 157 Å². The lowest BCUT2D eigenvalue weighted by molar-refractivity contribution is -0.384. The number of hydrogen-bond acceptors (Lipinski definition) is 6. The smallest absolute Gasteiger partial charge is 0.270 e. The standard InChI is InChI=1S/C17H13ClN2O5S/c1-24-10-4-6-12(13(8-10)25-2)19-17(21)16-15(18)11-5-3-9(20(22)23)7-14(11)26-16/h3-8H,1-2H3,(H,19,21). The molecule has 3 aromatic rings. The summed E-state index contributed by atoms with van der Waals surface area (Å²) in [5, 5.41) is 14.5. The lowest BCUT2D eigenvalue weighted by Gasteiger charge is -2.11. The van der Waals surface area contributed by atoms with Gasteiger partial charge >= 0.3 is 0 Å². The molecule has 0 saturated heterocycles. The van der Waals surface area contributed by atoms with Gasteiger partial charge in [0.15, 0.2) is 0 Å². The van der Waals surface area contributed by atoms with E-state index in [1.54, 1.807) is 18.2 Å². The predicted octanol–water partition coefficient (Wildman–Crippen LogP) is 4.73. The number of amides is 1. The largest absolute Gasteiger partial charge is 0.497 e. The molecular formula is C17H13ClN2O5S. The molecule has 9 heteroatoms. The fraction of sp³-hybridized carbons (Fsp3) is 0.118. The van der Waals surface area contributed by atoms with Crippen molar-refractivity contribution >= 4 is 50.3 Å². The number of carbonyl (C=O) groups excluding carboxylic acids is 1. The summed E-state index contributed by atoms with van der Waals surface area (Å²) in [4.78, 5) is 23.3. The number of thiophene rings is 1. The minimum atomic E-state index is -0.491. The van der Waals surface area contributed by atoms with Crippen LogP contribution in [-0.4, -0.2) is 25.1 Å². The summed E-state index contributed by atoms with van der Waals surface area (Å²) < 4.78 is 10.9. The molecule has 0 aliphatic carbocycles. The number of non-ortho nitro benzene ring substituents is 1. The third kappa shape index (κ3) is 3.29. The molecule has 0 atom stereocenters. The first-order valence-corrected chi connectivity index (χ1v) is 8.54. The van der Waals surface area contributed by atoms with Gasteiger partial charge in [-0.25, -0.2) is 0 Å². The Morgan fingerprint density at radius 3 is 2.62 bits per heavy atom. The second-order valence-corrected chi connectivity index (χ2v) is 6.63. The zero-order chi connectivity index (χ0) is 18.8. The van der Waals surface area contributed by atoms with E-state index in [9.17, 15) is 14.9 Å². The van der Waals surface area contributed by atoms with Crippen molar-refractivity contribution in [3.8, 4) is 11.5 Å². The lowest BCUT2D eigenvalue weighted by Crippen LogP contribution is -2.11. The van der Waals surface area contributed by atoms with Crippen LogP contribution < -0.4 is 14.8 Å². The molecule has 26 heavy (non-hydrogen) atoms. The summed E-state index contributed by atoms with van der Waals surface area (Å²) in [5.74, 6) is 0.597. The van der Waals surface area contributed by atoms with E-state index in [0.29, 0.717) is 27.3 Å². The molecule has 1 N–H and O–H groups in total. The van der Waals surface area contributed by atoms with Gasteiger partial charge < -0.3 is 14.8 Å². The normalized spacial score (nSPS) is 10.6. The highest BCUT2D eigenvalue weighted by Crippen LogP contribution is 2.38. The number of ether oxygens (including phenoxy) is 2. The van der Waals surface area contributed by atoms with Gasteiger partial charge in [-0.3, -0.25) is 14.9 Å². The Morgan fingerprint density at radius 2 is 1.96 bits per heavy atom. The van der Waals surface area contributed by atoms with E-state index in [2.05, 4.69) is 5.32 Å². The maximum Gasteiger partial charge on any atom is 0.270 e. The number of carbonyl (C=O) groups is 1. The van der Waals surface area contributed by atoms with Crippen LogP contribution in [0.25, 0.3) is 10.1 Å². The second-order valence-electron chi connectivity index (χ2n) is 5.20. The van der Waals surface area contributed by atoms with Crippen molar-refractivity contribution in [1.29, 1.82) is 0 Å². The number of methoxy groups -OCH3 is 2. The van der Waals surface area contributed by atoms with E-state index in [4.69, 9.17) is 21.1 Å². The van der Waals surface area contributed by atoms with Gasteiger partial charge in [-0.05, 0) is 18.2 Å². The molecule has 0 unspecified atom stereocenters. The summed E-state index contributed by atoms with van der Waals surface area (Å²) in [5.41, 5.74) is 0.400. The lowest BCUT2D eigenvalue weighted by atomic mass is 10.2. The number of halogens is 1. The quantitative estimate of drug-likeness (QED) is 0.500. The van der Waals surface area contributed by atoms with Crippen molar-refractivity contribution < 1.29 is 19.2 Å². The van der Waals surface area contributed by atoms with Gasteiger partial charge in [0.1, 0.15) is 16.4 Å². The van der Waals surface area contributed by atoms with Crippen LogP contribution in [0.3, 0.4) is 0 Å². The highest BCUT2D eigenvalue weighted by atomic mass is 35.5. The van der Waals surface area contributed by atoms with Gasteiger partial charge in [0.05, 0.1) is 29.9 Å². The highest BCUT2D eigenvalue weighted by Gasteiger charge is 2.20. The van der Waals surface area contributed by atoms with Gasteiger partial charge in [-0.1, -0.05) is 11.6 Å². The fourth-order valence-corrected chi connectivity index (χ4v) is 3.84. The molecule has 1 heterocycles. The molecule has 7 nitrogen and oxygen atoms in total. The highest BCUT2D eigenvalue weighted by molar-refractivity contribution is 7.21. The molecular weight excluding hydrogens is 380 g/mol. The van der Waals surface area contributed by atoms with Crippen molar-refractivity contribution in [3.63, 3.8) is 0 Å². The van der Waals surface area contributed by atoms with Crippen molar-refractivity contribution in [1.82, 2.24) is 0 Å². The van der Waals surface area contributed by atoms with E-state index in [-0.39, 0.29) is 15.6 Å². The Hall–Kier alpha value is -2.84. The summed E-state index contributed by atoms with van der Waals surface area (Å²) in [6, 6.07) is 9.28. The van der Waals surface area contributed by atoms with Crippen LogP contribution in [-0.2, 0) is 0 Å². The average molecular weight is 393 g/mol. The zero-order valence-electron chi connectivity index (χ0n) is 13.7. The molecule has 0 aliphatic heterocycles. The van der Waals surface area contributed by atoms with Gasteiger partial charge in [0, 0.05) is 28.3 Å². The monoisotopic (exact) mass is 392 g/mol. The van der Waals surface area contributed by atoms with Crippen LogP contribution in [0.2, 0.25) is 5.02 Å². The number of rotatable bonds is 5. The van der Waals surface area contributed by atoms with E-state index in [1.807, 2.05) is 0 Å². The number of hydrogen-bond donors (Lipinski definition) is 1. The molecule has 0 aliphatic rings. The first-order valence-electron chi connectivity index (χ1n) is 7.34. The van der Waals surface area contributed by atoms with E-state index in [0.717, 1.165) is 11.3 Å². The topological polar surface area (TPSA) is 90.7 Å². The van der Waals surface area contributed by atoms with Crippen LogP contribution in [0.15, 0.2) is 36.4 Å². The summed E-state index contributed by atoms with van der Waals surface area (Å²) in [7, 11) is 3.01. The fourth-order valence-electron chi connectivity index (χ4n) is 2.39. The second kappa shape index (κ2) is 7.19. The Balaban J connectivity index is 1.95. The summed E-state index contributed by atoms with van der Waals surface area (Å²) >= 11 is 7.39. The van der Waals surface area contributed by atoms with E-state index >= 15 is 0 Å². The number of anilines is 1.